The number of halogens is 3. The van der Waals surface area contributed by atoms with Gasteiger partial charge in [0.2, 0.25) is 5.91 Å². The maximum atomic E-state index is 12.2. The highest BCUT2D eigenvalue weighted by Crippen LogP contribution is 2.63. The third kappa shape index (κ3) is 2.84. The Labute approximate surface area is 144 Å². The monoisotopic (exact) mass is 363 g/mol. The lowest BCUT2D eigenvalue weighted by Crippen LogP contribution is -2.32. The summed E-state index contributed by atoms with van der Waals surface area (Å²) in [4.78, 5) is 12.2. The number of rotatable bonds is 3. The van der Waals surface area contributed by atoms with Gasteiger partial charge in [-0.2, -0.15) is 0 Å². The largest absolute Gasteiger partial charge is 0.489 e. The molecule has 1 atom stereocenters. The van der Waals surface area contributed by atoms with E-state index < -0.39 is 9.75 Å². The summed E-state index contributed by atoms with van der Waals surface area (Å²) in [6, 6.07) is 3.59. The van der Waals surface area contributed by atoms with E-state index in [9.17, 15) is 4.79 Å². The molecule has 1 aromatic carbocycles. The van der Waals surface area contributed by atoms with E-state index in [4.69, 9.17) is 44.3 Å². The Balaban J connectivity index is 1.70. The van der Waals surface area contributed by atoms with Gasteiger partial charge < -0.3 is 14.8 Å². The van der Waals surface area contributed by atoms with Gasteiger partial charge in [-0.3, -0.25) is 4.79 Å². The molecule has 1 fully saturated rings. The second-order valence-corrected chi connectivity index (χ2v) is 7.74. The first-order valence-electron chi connectivity index (χ1n) is 7.08. The maximum absolute atomic E-state index is 12.2. The van der Waals surface area contributed by atoms with Gasteiger partial charge in [-0.05, 0) is 31.0 Å². The lowest BCUT2D eigenvalue weighted by molar-refractivity contribution is -0.125. The molecule has 1 N–H and O–H groups in total. The van der Waals surface area contributed by atoms with Gasteiger partial charge in [0.1, 0.15) is 4.33 Å². The van der Waals surface area contributed by atoms with Crippen molar-refractivity contribution in [3.63, 3.8) is 0 Å². The summed E-state index contributed by atoms with van der Waals surface area (Å²) in [6.45, 7) is 3.24. The van der Waals surface area contributed by atoms with E-state index >= 15 is 0 Å². The second-order valence-electron chi connectivity index (χ2n) is 5.85. The molecule has 2 aliphatic rings. The Hall–Kier alpha value is -0.840. The molecule has 7 heteroatoms. The van der Waals surface area contributed by atoms with Crippen molar-refractivity contribution in [3.05, 3.63) is 22.7 Å². The molecule has 1 aliphatic heterocycles. The molecule has 1 aromatic rings. The van der Waals surface area contributed by atoms with Gasteiger partial charge >= 0.3 is 0 Å². The molecule has 1 unspecified atom stereocenters. The molecule has 1 amide bonds. The van der Waals surface area contributed by atoms with Crippen LogP contribution < -0.4 is 14.8 Å². The minimum atomic E-state index is -0.973. The van der Waals surface area contributed by atoms with Crippen molar-refractivity contribution in [3.8, 4) is 11.5 Å². The van der Waals surface area contributed by atoms with E-state index in [-0.39, 0.29) is 5.91 Å². The van der Waals surface area contributed by atoms with Crippen LogP contribution in [0.5, 0.6) is 11.5 Å². The standard InChI is InChI=1S/C15H16Cl3NO3/c1-14(8-15(14,17)18)13(20)19-7-9-5-10(16)12-11(6-9)21-3-2-4-22-12/h5-6H,2-4,7-8H2,1H3,(H,19,20). The molecule has 22 heavy (non-hydrogen) atoms. The number of ether oxygens (including phenoxy) is 2. The fraction of sp³-hybridized carbons (Fsp3) is 0.533. The van der Waals surface area contributed by atoms with Crippen LogP contribution in [0.2, 0.25) is 5.02 Å². The molecule has 0 saturated heterocycles. The maximum Gasteiger partial charge on any atom is 0.229 e. The Bertz CT molecular complexity index is 620. The highest BCUT2D eigenvalue weighted by molar-refractivity contribution is 6.53. The second kappa shape index (κ2) is 5.66. The number of carbonyl (C=O) groups is 1. The van der Waals surface area contributed by atoms with Crippen LogP contribution in [-0.4, -0.2) is 23.5 Å². The molecule has 0 radical (unpaired) electrons. The Kier molecular flexibility index (Phi) is 4.12. The number of hydrogen-bond acceptors (Lipinski definition) is 3. The molecule has 1 aliphatic carbocycles. The molecular formula is C15H16Cl3NO3. The van der Waals surface area contributed by atoms with Crippen molar-refractivity contribution >= 4 is 40.7 Å². The topological polar surface area (TPSA) is 47.6 Å². The summed E-state index contributed by atoms with van der Waals surface area (Å²) in [5.74, 6) is 1.00. The van der Waals surface area contributed by atoms with Crippen molar-refractivity contribution in [2.75, 3.05) is 13.2 Å². The van der Waals surface area contributed by atoms with Crippen molar-refractivity contribution in [1.29, 1.82) is 0 Å². The van der Waals surface area contributed by atoms with Crippen LogP contribution in [0.15, 0.2) is 12.1 Å². The van der Waals surface area contributed by atoms with E-state index in [1.807, 2.05) is 6.07 Å². The van der Waals surface area contributed by atoms with E-state index in [1.54, 1.807) is 13.0 Å². The van der Waals surface area contributed by atoms with Crippen molar-refractivity contribution in [1.82, 2.24) is 5.32 Å². The van der Waals surface area contributed by atoms with Crippen LogP contribution in [0.1, 0.15) is 25.3 Å². The number of hydrogen-bond donors (Lipinski definition) is 1. The average Bonchev–Trinajstić information content (AvgIpc) is 3.07. The lowest BCUT2D eigenvalue weighted by atomic mass is 10.1. The number of benzene rings is 1. The molecule has 0 bridgehead atoms. The Morgan fingerprint density at radius 2 is 2.00 bits per heavy atom. The smallest absolute Gasteiger partial charge is 0.229 e. The summed E-state index contributed by atoms with van der Waals surface area (Å²) in [7, 11) is 0. The van der Waals surface area contributed by atoms with Crippen LogP contribution in [0.3, 0.4) is 0 Å². The van der Waals surface area contributed by atoms with E-state index in [2.05, 4.69) is 5.32 Å². The minimum absolute atomic E-state index is 0.166. The molecule has 3 rings (SSSR count). The third-order valence-corrected chi connectivity index (χ3v) is 5.46. The number of nitrogens with one attached hydrogen (secondary N) is 1. The predicted molar refractivity (Wildman–Crippen MR) is 86.1 cm³/mol. The zero-order valence-corrected chi connectivity index (χ0v) is 14.3. The molecular weight excluding hydrogens is 349 g/mol. The summed E-state index contributed by atoms with van der Waals surface area (Å²) in [5.41, 5.74) is 0.104. The summed E-state index contributed by atoms with van der Waals surface area (Å²) in [6.07, 6.45) is 1.26. The molecule has 4 nitrogen and oxygen atoms in total. The SMILES string of the molecule is CC1(C(=O)NCc2cc(Cl)c3c(c2)OCCCO3)CC1(Cl)Cl. The van der Waals surface area contributed by atoms with Crippen molar-refractivity contribution < 1.29 is 14.3 Å². The third-order valence-electron chi connectivity index (χ3n) is 4.07. The molecule has 0 spiro atoms. The van der Waals surface area contributed by atoms with E-state index in [0.29, 0.717) is 42.7 Å². The highest BCUT2D eigenvalue weighted by atomic mass is 35.5. The normalized spacial score (nSPS) is 25.3. The van der Waals surface area contributed by atoms with Gasteiger partial charge in [-0.25, -0.2) is 0 Å². The van der Waals surface area contributed by atoms with Crippen LogP contribution in [-0.2, 0) is 11.3 Å². The summed E-state index contributed by atoms with van der Waals surface area (Å²) < 4.78 is 10.2. The van der Waals surface area contributed by atoms with Gasteiger partial charge in [0, 0.05) is 13.0 Å². The molecule has 120 valence electrons. The van der Waals surface area contributed by atoms with Gasteiger partial charge in [-0.15, -0.1) is 23.2 Å². The quantitative estimate of drug-likeness (QED) is 0.832. The van der Waals surface area contributed by atoms with Crippen LogP contribution in [0.25, 0.3) is 0 Å². The minimum Gasteiger partial charge on any atom is -0.489 e. The zero-order valence-electron chi connectivity index (χ0n) is 12.0. The number of alkyl halides is 2. The Morgan fingerprint density at radius 1 is 1.32 bits per heavy atom. The number of amides is 1. The fourth-order valence-electron chi connectivity index (χ4n) is 2.41. The average molecular weight is 365 g/mol. The van der Waals surface area contributed by atoms with Gasteiger partial charge in [0.25, 0.3) is 0 Å². The highest BCUT2D eigenvalue weighted by Gasteiger charge is 2.67. The zero-order chi connectivity index (χ0) is 16.0. The number of fused-ring (bicyclic) bond motifs is 1. The molecule has 0 aromatic heterocycles. The number of carbonyl (C=O) groups excluding carboxylic acids is 1. The van der Waals surface area contributed by atoms with Crippen molar-refractivity contribution in [2.45, 2.75) is 30.6 Å². The van der Waals surface area contributed by atoms with E-state index in [1.165, 1.54) is 0 Å². The van der Waals surface area contributed by atoms with Crippen LogP contribution in [0.4, 0.5) is 0 Å². The van der Waals surface area contributed by atoms with Gasteiger partial charge in [0.15, 0.2) is 11.5 Å². The van der Waals surface area contributed by atoms with E-state index in [0.717, 1.165) is 12.0 Å². The van der Waals surface area contributed by atoms with Crippen molar-refractivity contribution in [2.24, 2.45) is 5.41 Å². The van der Waals surface area contributed by atoms with Gasteiger partial charge in [-0.1, -0.05) is 11.6 Å². The first-order valence-corrected chi connectivity index (χ1v) is 8.21. The van der Waals surface area contributed by atoms with Crippen LogP contribution in [0, 0.1) is 5.41 Å². The first-order chi connectivity index (χ1) is 10.3. The first kappa shape index (κ1) is 16.0. The molecule has 1 heterocycles. The Morgan fingerprint density at radius 3 is 2.68 bits per heavy atom. The molecule has 1 saturated carbocycles. The lowest BCUT2D eigenvalue weighted by Gasteiger charge is -2.14. The predicted octanol–water partition coefficient (Wildman–Crippen LogP) is 3.70. The summed E-state index contributed by atoms with van der Waals surface area (Å²) >= 11 is 18.2. The van der Waals surface area contributed by atoms with Gasteiger partial charge in [0.05, 0.1) is 23.7 Å². The summed E-state index contributed by atoms with van der Waals surface area (Å²) in [5, 5.41) is 3.32. The van der Waals surface area contributed by atoms with Crippen LogP contribution >= 0.6 is 34.8 Å². The fourth-order valence-corrected chi connectivity index (χ4v) is 3.40.